The van der Waals surface area contributed by atoms with Gasteiger partial charge in [0.1, 0.15) is 5.75 Å². The molecule has 0 bridgehead atoms. The van der Waals surface area contributed by atoms with Crippen molar-refractivity contribution in [2.45, 2.75) is 46.5 Å². The lowest BCUT2D eigenvalue weighted by Crippen LogP contribution is -2.27. The lowest BCUT2D eigenvalue weighted by molar-refractivity contribution is 0.173. The monoisotopic (exact) mass is 310 g/mol. The second-order valence-electron chi connectivity index (χ2n) is 5.83. The van der Waals surface area contributed by atoms with Gasteiger partial charge in [0.15, 0.2) is 0 Å². The first-order valence-electron chi connectivity index (χ1n) is 6.83. The van der Waals surface area contributed by atoms with Gasteiger partial charge in [0.05, 0.1) is 6.61 Å². The molecule has 1 aliphatic carbocycles. The second-order valence-corrected chi connectivity index (χ2v) is 6.40. The first-order chi connectivity index (χ1) is 8.56. The first kappa shape index (κ1) is 13.9. The van der Waals surface area contributed by atoms with Crippen LogP contribution in [-0.2, 0) is 0 Å². The van der Waals surface area contributed by atoms with Gasteiger partial charge in [-0.25, -0.2) is 0 Å². The van der Waals surface area contributed by atoms with E-state index in [0.717, 1.165) is 17.7 Å². The molecule has 0 saturated heterocycles. The Morgan fingerprint density at radius 1 is 1.17 bits per heavy atom. The molecule has 0 atom stereocenters. The lowest BCUT2D eigenvalue weighted by Gasteiger charge is -2.27. The van der Waals surface area contributed by atoms with Crippen molar-refractivity contribution >= 4 is 15.9 Å². The van der Waals surface area contributed by atoms with Crippen LogP contribution in [0.1, 0.15) is 42.4 Å². The van der Waals surface area contributed by atoms with Crippen molar-refractivity contribution in [3.63, 3.8) is 0 Å². The fraction of sp³-hybridized carbons (Fsp3) is 0.625. The van der Waals surface area contributed by atoms with Crippen LogP contribution in [0.15, 0.2) is 12.1 Å². The fourth-order valence-electron chi connectivity index (χ4n) is 2.82. The van der Waals surface area contributed by atoms with Crippen LogP contribution in [0.2, 0.25) is 0 Å². The van der Waals surface area contributed by atoms with E-state index in [1.54, 1.807) is 0 Å². The Balaban J connectivity index is 2.10. The summed E-state index contributed by atoms with van der Waals surface area (Å²) >= 11 is 3.67. The minimum Gasteiger partial charge on any atom is -0.493 e. The molecule has 2 heteroatoms. The molecular weight excluding hydrogens is 288 g/mol. The van der Waals surface area contributed by atoms with Crippen LogP contribution < -0.4 is 4.74 Å². The van der Waals surface area contributed by atoms with Crippen molar-refractivity contribution in [3.05, 3.63) is 28.8 Å². The molecular formula is C16H23BrO. The van der Waals surface area contributed by atoms with Gasteiger partial charge in [-0.05, 0) is 56.4 Å². The normalized spacial score (nSPS) is 18.0. The molecule has 0 spiro atoms. The maximum absolute atomic E-state index is 6.15. The predicted molar refractivity (Wildman–Crippen MR) is 80.8 cm³/mol. The van der Waals surface area contributed by atoms with Gasteiger partial charge >= 0.3 is 0 Å². The van der Waals surface area contributed by atoms with Crippen LogP contribution in [0.4, 0.5) is 0 Å². The molecule has 1 nitrogen and oxygen atoms in total. The van der Waals surface area contributed by atoms with Gasteiger partial charge < -0.3 is 4.74 Å². The maximum Gasteiger partial charge on any atom is 0.122 e. The van der Waals surface area contributed by atoms with Crippen LogP contribution >= 0.6 is 15.9 Å². The fourth-order valence-corrected chi connectivity index (χ4v) is 3.55. The van der Waals surface area contributed by atoms with E-state index >= 15 is 0 Å². The summed E-state index contributed by atoms with van der Waals surface area (Å²) in [5.41, 5.74) is 4.25. The van der Waals surface area contributed by atoms with Crippen LogP contribution in [0.25, 0.3) is 0 Å². The van der Waals surface area contributed by atoms with E-state index in [2.05, 4.69) is 48.8 Å². The molecule has 1 aromatic rings. The van der Waals surface area contributed by atoms with Crippen LogP contribution in [-0.4, -0.2) is 11.9 Å². The number of aryl methyl sites for hydroxylation is 2. The first-order valence-corrected chi connectivity index (χ1v) is 7.95. The van der Waals surface area contributed by atoms with E-state index < -0.39 is 0 Å². The Morgan fingerprint density at radius 3 is 2.44 bits per heavy atom. The lowest BCUT2D eigenvalue weighted by atomic mass is 9.90. The van der Waals surface area contributed by atoms with Gasteiger partial charge in [-0.15, -0.1) is 0 Å². The van der Waals surface area contributed by atoms with Gasteiger partial charge in [-0.2, -0.15) is 0 Å². The highest BCUT2D eigenvalue weighted by Gasteiger charge is 2.33. The van der Waals surface area contributed by atoms with Crippen molar-refractivity contribution in [1.29, 1.82) is 0 Å². The number of halogens is 1. The van der Waals surface area contributed by atoms with E-state index in [9.17, 15) is 0 Å². The smallest absolute Gasteiger partial charge is 0.122 e. The molecule has 100 valence electrons. The number of benzene rings is 1. The van der Waals surface area contributed by atoms with Crippen molar-refractivity contribution < 1.29 is 4.74 Å². The van der Waals surface area contributed by atoms with Gasteiger partial charge in [0.2, 0.25) is 0 Å². The number of ether oxygens (including phenoxy) is 1. The Bertz CT molecular complexity index is 419. The second kappa shape index (κ2) is 5.64. The van der Waals surface area contributed by atoms with E-state index in [0.29, 0.717) is 5.41 Å². The van der Waals surface area contributed by atoms with E-state index in [-0.39, 0.29) is 0 Å². The molecule has 1 aliphatic rings. The third-order valence-electron chi connectivity index (χ3n) is 4.25. The van der Waals surface area contributed by atoms with Gasteiger partial charge in [0.25, 0.3) is 0 Å². The zero-order chi connectivity index (χ0) is 13.2. The molecule has 2 rings (SSSR count). The third kappa shape index (κ3) is 2.90. The number of alkyl halides is 1. The highest BCUT2D eigenvalue weighted by Crippen LogP contribution is 2.40. The molecule has 0 N–H and O–H groups in total. The summed E-state index contributed by atoms with van der Waals surface area (Å²) in [5, 5.41) is 1.06. The molecule has 1 saturated carbocycles. The summed E-state index contributed by atoms with van der Waals surface area (Å²) < 4.78 is 6.15. The Morgan fingerprint density at radius 2 is 1.83 bits per heavy atom. The number of hydrogen-bond acceptors (Lipinski definition) is 1. The zero-order valence-electron chi connectivity index (χ0n) is 11.7. The molecule has 0 radical (unpaired) electrons. The van der Waals surface area contributed by atoms with Gasteiger partial charge in [0, 0.05) is 10.7 Å². The average Bonchev–Trinajstić information content (AvgIpc) is 2.81. The molecule has 0 unspecified atom stereocenters. The van der Waals surface area contributed by atoms with E-state index in [4.69, 9.17) is 4.74 Å². The molecule has 0 heterocycles. The van der Waals surface area contributed by atoms with Crippen LogP contribution in [0.3, 0.4) is 0 Å². The van der Waals surface area contributed by atoms with Crippen LogP contribution in [0, 0.1) is 26.2 Å². The summed E-state index contributed by atoms with van der Waals surface area (Å²) in [5.74, 6) is 1.07. The van der Waals surface area contributed by atoms with Crippen molar-refractivity contribution in [1.82, 2.24) is 0 Å². The minimum atomic E-state index is 0.365. The van der Waals surface area contributed by atoms with Gasteiger partial charge in [-0.3, -0.25) is 0 Å². The topological polar surface area (TPSA) is 9.23 Å². The minimum absolute atomic E-state index is 0.365. The Kier molecular flexibility index (Phi) is 4.37. The molecule has 18 heavy (non-hydrogen) atoms. The number of hydrogen-bond donors (Lipinski definition) is 0. The Labute approximate surface area is 119 Å². The average molecular weight is 311 g/mol. The standard InChI is InChI=1S/C16H23BrO/c1-12-8-13(2)14(3)15(9-12)18-11-16(10-17)6-4-5-7-16/h8-9H,4-7,10-11H2,1-3H3. The third-order valence-corrected chi connectivity index (χ3v) is 5.44. The largest absolute Gasteiger partial charge is 0.493 e. The van der Waals surface area contributed by atoms with E-state index in [1.165, 1.54) is 42.4 Å². The highest BCUT2D eigenvalue weighted by molar-refractivity contribution is 9.09. The number of rotatable bonds is 4. The Hall–Kier alpha value is -0.500. The quantitative estimate of drug-likeness (QED) is 0.715. The molecule has 0 aliphatic heterocycles. The van der Waals surface area contributed by atoms with Crippen molar-refractivity contribution in [2.75, 3.05) is 11.9 Å². The van der Waals surface area contributed by atoms with Crippen LogP contribution in [0.5, 0.6) is 5.75 Å². The SMILES string of the molecule is Cc1cc(C)c(C)c(OCC2(CBr)CCCC2)c1. The molecule has 0 amide bonds. The molecule has 1 aromatic carbocycles. The summed E-state index contributed by atoms with van der Waals surface area (Å²) in [6, 6.07) is 4.39. The van der Waals surface area contributed by atoms with E-state index in [1.807, 2.05) is 0 Å². The summed E-state index contributed by atoms with van der Waals surface area (Å²) in [6.45, 7) is 7.29. The highest BCUT2D eigenvalue weighted by atomic mass is 79.9. The van der Waals surface area contributed by atoms with Gasteiger partial charge in [-0.1, -0.05) is 34.8 Å². The summed E-state index contributed by atoms with van der Waals surface area (Å²) in [7, 11) is 0. The summed E-state index contributed by atoms with van der Waals surface area (Å²) in [6.07, 6.45) is 5.28. The van der Waals surface area contributed by atoms with Crippen molar-refractivity contribution in [3.8, 4) is 5.75 Å². The van der Waals surface area contributed by atoms with Crippen molar-refractivity contribution in [2.24, 2.45) is 5.41 Å². The predicted octanol–water partition coefficient (Wildman–Crippen LogP) is 4.95. The molecule has 0 aromatic heterocycles. The summed E-state index contributed by atoms with van der Waals surface area (Å²) in [4.78, 5) is 0. The molecule has 1 fully saturated rings. The maximum atomic E-state index is 6.15. The zero-order valence-corrected chi connectivity index (χ0v) is 13.3.